The average Bonchev–Trinajstić information content (AvgIpc) is 2.35. The molecular weight excluding hydrogens is 224 g/mol. The minimum Gasteiger partial charge on any atom is -0.480 e. The van der Waals surface area contributed by atoms with Crippen molar-refractivity contribution in [2.24, 2.45) is 0 Å². The molecule has 1 fully saturated rings. The lowest BCUT2D eigenvalue weighted by molar-refractivity contribution is -0.139. The molecule has 0 saturated carbocycles. The van der Waals surface area contributed by atoms with E-state index in [4.69, 9.17) is 5.11 Å². The van der Waals surface area contributed by atoms with Crippen molar-refractivity contribution in [2.45, 2.75) is 44.7 Å². The highest BCUT2D eigenvalue weighted by atomic mass is 16.4. The summed E-state index contributed by atoms with van der Waals surface area (Å²) in [5.74, 6) is -1.03. The fraction of sp³-hybridized carbons (Fsp3) is 0.818. The predicted octanol–water partition coefficient (Wildman–Crippen LogP) is 0.406. The second-order valence-corrected chi connectivity index (χ2v) is 4.27. The quantitative estimate of drug-likeness (QED) is 0.668. The fourth-order valence-electron chi connectivity index (χ4n) is 2.03. The summed E-state index contributed by atoms with van der Waals surface area (Å²) < 4.78 is 0. The molecule has 1 saturated heterocycles. The number of rotatable bonds is 4. The maximum absolute atomic E-state index is 11.9. The van der Waals surface area contributed by atoms with Crippen LogP contribution in [-0.2, 0) is 4.79 Å². The Hall–Kier alpha value is -1.30. The van der Waals surface area contributed by atoms with Crippen molar-refractivity contribution in [2.75, 3.05) is 13.2 Å². The topological polar surface area (TPSA) is 89.9 Å². The number of nitrogens with zero attached hydrogens (tertiary/aromatic N) is 1. The summed E-state index contributed by atoms with van der Waals surface area (Å²) in [4.78, 5) is 24.2. The molecular formula is C11H20N2O4. The van der Waals surface area contributed by atoms with Gasteiger partial charge < -0.3 is 20.4 Å². The number of carboxylic acid groups (broad SMARTS) is 1. The van der Waals surface area contributed by atoms with Crippen LogP contribution in [0.3, 0.4) is 0 Å². The van der Waals surface area contributed by atoms with E-state index in [1.54, 1.807) is 6.92 Å². The molecule has 0 aromatic carbocycles. The molecule has 1 unspecified atom stereocenters. The van der Waals surface area contributed by atoms with Crippen molar-refractivity contribution in [3.63, 3.8) is 0 Å². The number of likely N-dealkylation sites (tertiary alicyclic amines) is 1. The Labute approximate surface area is 101 Å². The summed E-state index contributed by atoms with van der Waals surface area (Å²) in [6, 6.07) is -1.43. The largest absolute Gasteiger partial charge is 0.480 e. The Morgan fingerprint density at radius 3 is 2.71 bits per heavy atom. The Kier molecular flexibility index (Phi) is 5.21. The van der Waals surface area contributed by atoms with E-state index in [2.05, 4.69) is 5.32 Å². The second kappa shape index (κ2) is 6.44. The number of piperidine rings is 1. The van der Waals surface area contributed by atoms with Crippen molar-refractivity contribution in [3.8, 4) is 0 Å². The molecule has 0 aromatic rings. The third kappa shape index (κ3) is 3.59. The molecule has 1 rings (SSSR count). The van der Waals surface area contributed by atoms with E-state index >= 15 is 0 Å². The van der Waals surface area contributed by atoms with E-state index in [1.807, 2.05) is 0 Å². The molecule has 98 valence electrons. The molecule has 0 aromatic heterocycles. The number of aliphatic hydroxyl groups excluding tert-OH is 1. The second-order valence-electron chi connectivity index (χ2n) is 4.27. The van der Waals surface area contributed by atoms with Gasteiger partial charge in [-0.3, -0.25) is 0 Å². The van der Waals surface area contributed by atoms with Crippen molar-refractivity contribution in [1.29, 1.82) is 0 Å². The van der Waals surface area contributed by atoms with Gasteiger partial charge in [0.05, 0.1) is 12.6 Å². The Balaban J connectivity index is 2.58. The number of hydrogen-bond donors (Lipinski definition) is 3. The predicted molar refractivity (Wildman–Crippen MR) is 61.7 cm³/mol. The van der Waals surface area contributed by atoms with Gasteiger partial charge in [0.1, 0.15) is 6.04 Å². The highest BCUT2D eigenvalue weighted by Crippen LogP contribution is 2.16. The lowest BCUT2D eigenvalue weighted by Gasteiger charge is -2.35. The van der Waals surface area contributed by atoms with Gasteiger partial charge in [-0.15, -0.1) is 0 Å². The van der Waals surface area contributed by atoms with Crippen LogP contribution in [-0.4, -0.2) is 52.3 Å². The molecule has 0 spiro atoms. The number of carbonyl (C=O) groups is 2. The van der Waals surface area contributed by atoms with Crippen LogP contribution in [0.4, 0.5) is 4.79 Å². The van der Waals surface area contributed by atoms with Gasteiger partial charge in [0, 0.05) is 6.54 Å². The molecule has 17 heavy (non-hydrogen) atoms. The minimum absolute atomic E-state index is 0.0721. The van der Waals surface area contributed by atoms with E-state index < -0.39 is 18.0 Å². The molecule has 1 heterocycles. The number of urea groups is 1. The lowest BCUT2D eigenvalue weighted by Crippen LogP contribution is -2.53. The van der Waals surface area contributed by atoms with E-state index in [0.717, 1.165) is 19.3 Å². The first kappa shape index (κ1) is 13.8. The van der Waals surface area contributed by atoms with Crippen LogP contribution in [0.15, 0.2) is 0 Å². The lowest BCUT2D eigenvalue weighted by atomic mass is 10.0. The Morgan fingerprint density at radius 2 is 2.18 bits per heavy atom. The van der Waals surface area contributed by atoms with Crippen LogP contribution >= 0.6 is 0 Å². The molecule has 6 heteroatoms. The number of nitrogens with one attached hydrogen (secondary N) is 1. The summed E-state index contributed by atoms with van der Waals surface area (Å²) in [5.41, 5.74) is 0. The summed E-state index contributed by atoms with van der Waals surface area (Å²) in [5, 5.41) is 20.5. The summed E-state index contributed by atoms with van der Waals surface area (Å²) in [6.07, 6.45) is 3.01. The Bertz CT molecular complexity index is 283. The van der Waals surface area contributed by atoms with Crippen LogP contribution < -0.4 is 5.32 Å². The molecule has 1 aliphatic heterocycles. The van der Waals surface area contributed by atoms with Crippen LogP contribution in [0.5, 0.6) is 0 Å². The monoisotopic (exact) mass is 244 g/mol. The average molecular weight is 244 g/mol. The van der Waals surface area contributed by atoms with Crippen LogP contribution in [0, 0.1) is 0 Å². The molecule has 0 radical (unpaired) electrons. The summed E-state index contributed by atoms with van der Waals surface area (Å²) in [6.45, 7) is 2.21. The van der Waals surface area contributed by atoms with Gasteiger partial charge in [0.15, 0.2) is 0 Å². The van der Waals surface area contributed by atoms with Gasteiger partial charge in [0.25, 0.3) is 0 Å². The van der Waals surface area contributed by atoms with Crippen LogP contribution in [0.2, 0.25) is 0 Å². The van der Waals surface area contributed by atoms with E-state index in [1.165, 1.54) is 4.90 Å². The first-order valence-electron chi connectivity index (χ1n) is 6.01. The van der Waals surface area contributed by atoms with Gasteiger partial charge in [-0.25, -0.2) is 9.59 Å². The number of aliphatic hydroxyl groups is 1. The third-order valence-corrected chi connectivity index (χ3v) is 3.10. The maximum atomic E-state index is 11.9. The van der Waals surface area contributed by atoms with Crippen molar-refractivity contribution >= 4 is 12.0 Å². The first-order chi connectivity index (χ1) is 8.10. The molecule has 3 N–H and O–H groups in total. The SMILES string of the molecule is CC[C@@H](NC(=O)N1CCCCC1CO)C(=O)O. The van der Waals surface area contributed by atoms with Crippen molar-refractivity contribution < 1.29 is 19.8 Å². The van der Waals surface area contributed by atoms with Crippen LogP contribution in [0.1, 0.15) is 32.6 Å². The first-order valence-corrected chi connectivity index (χ1v) is 6.01. The van der Waals surface area contributed by atoms with Gasteiger partial charge in [0.2, 0.25) is 0 Å². The zero-order valence-electron chi connectivity index (χ0n) is 10.1. The van der Waals surface area contributed by atoms with E-state index in [9.17, 15) is 14.7 Å². The smallest absolute Gasteiger partial charge is 0.326 e. The number of aliphatic carboxylic acids is 1. The normalized spacial score (nSPS) is 22.0. The number of amides is 2. The highest BCUT2D eigenvalue weighted by molar-refractivity contribution is 5.82. The van der Waals surface area contributed by atoms with Gasteiger partial charge in [-0.2, -0.15) is 0 Å². The number of hydrogen-bond acceptors (Lipinski definition) is 3. The van der Waals surface area contributed by atoms with E-state index in [0.29, 0.717) is 13.0 Å². The molecule has 0 bridgehead atoms. The number of carboxylic acids is 1. The molecule has 2 atom stereocenters. The van der Waals surface area contributed by atoms with Crippen molar-refractivity contribution in [1.82, 2.24) is 10.2 Å². The van der Waals surface area contributed by atoms with E-state index in [-0.39, 0.29) is 12.6 Å². The molecule has 1 aliphatic rings. The van der Waals surface area contributed by atoms with Gasteiger partial charge in [-0.1, -0.05) is 6.92 Å². The van der Waals surface area contributed by atoms with Gasteiger partial charge >= 0.3 is 12.0 Å². The standard InChI is InChI=1S/C11H20N2O4/c1-2-9(10(15)16)12-11(17)13-6-4-3-5-8(13)7-14/h8-9,14H,2-7H2,1H3,(H,12,17)(H,15,16)/t8?,9-/m1/s1. The van der Waals surface area contributed by atoms with Gasteiger partial charge in [-0.05, 0) is 25.7 Å². The van der Waals surface area contributed by atoms with Crippen LogP contribution in [0.25, 0.3) is 0 Å². The summed E-state index contributed by atoms with van der Waals surface area (Å²) in [7, 11) is 0. The summed E-state index contributed by atoms with van der Waals surface area (Å²) >= 11 is 0. The fourth-order valence-corrected chi connectivity index (χ4v) is 2.03. The molecule has 6 nitrogen and oxygen atoms in total. The molecule has 0 aliphatic carbocycles. The van der Waals surface area contributed by atoms with Crippen molar-refractivity contribution in [3.05, 3.63) is 0 Å². The zero-order valence-corrected chi connectivity index (χ0v) is 10.1. The zero-order chi connectivity index (χ0) is 12.8. The Morgan fingerprint density at radius 1 is 1.47 bits per heavy atom. The maximum Gasteiger partial charge on any atom is 0.326 e. The number of carbonyl (C=O) groups excluding carboxylic acids is 1. The minimum atomic E-state index is -1.03. The third-order valence-electron chi connectivity index (χ3n) is 3.10. The molecule has 2 amide bonds. The highest BCUT2D eigenvalue weighted by Gasteiger charge is 2.28.